The number of fused-ring (bicyclic) bond motifs is 1. The molecule has 0 radical (unpaired) electrons. The maximum atomic E-state index is 13.0. The fourth-order valence-electron chi connectivity index (χ4n) is 2.59. The van der Waals surface area contributed by atoms with Crippen LogP contribution < -0.4 is 0 Å². The standard InChI is InChI=1S/C17H11ClFNO3/c18-15(21)14(10-5-7-11(19)8-6-10)9-20-16(22)12-3-1-2-4-13(12)17(20)23/h1-8,14H,9H2. The fourth-order valence-corrected chi connectivity index (χ4v) is 2.79. The quantitative estimate of drug-likeness (QED) is 0.639. The van der Waals surface area contributed by atoms with Crippen LogP contribution in [0.5, 0.6) is 0 Å². The van der Waals surface area contributed by atoms with E-state index in [-0.39, 0.29) is 6.54 Å². The van der Waals surface area contributed by atoms with E-state index in [1.165, 1.54) is 24.3 Å². The average molecular weight is 332 g/mol. The first kappa shape index (κ1) is 15.4. The summed E-state index contributed by atoms with van der Waals surface area (Å²) in [4.78, 5) is 37.4. The number of nitrogens with zero attached hydrogens (tertiary/aromatic N) is 1. The van der Waals surface area contributed by atoms with Gasteiger partial charge in [0.1, 0.15) is 5.82 Å². The Morgan fingerprint density at radius 2 is 1.52 bits per heavy atom. The zero-order chi connectivity index (χ0) is 16.6. The van der Waals surface area contributed by atoms with Crippen LogP contribution in [0, 0.1) is 5.82 Å². The summed E-state index contributed by atoms with van der Waals surface area (Å²) in [7, 11) is 0. The molecule has 4 nitrogen and oxygen atoms in total. The van der Waals surface area contributed by atoms with Gasteiger partial charge < -0.3 is 0 Å². The Labute approximate surface area is 136 Å². The molecule has 0 spiro atoms. The van der Waals surface area contributed by atoms with Crippen molar-refractivity contribution in [2.45, 2.75) is 5.92 Å². The molecule has 1 unspecified atom stereocenters. The molecule has 6 heteroatoms. The first-order valence-corrected chi connectivity index (χ1v) is 7.27. The Bertz CT molecular complexity index is 769. The smallest absolute Gasteiger partial charge is 0.261 e. The van der Waals surface area contributed by atoms with Crippen LogP contribution in [0.15, 0.2) is 48.5 Å². The number of benzene rings is 2. The van der Waals surface area contributed by atoms with Gasteiger partial charge in [-0.15, -0.1) is 0 Å². The third-order valence-electron chi connectivity index (χ3n) is 3.79. The molecule has 2 aromatic rings. The highest BCUT2D eigenvalue weighted by molar-refractivity contribution is 6.64. The van der Waals surface area contributed by atoms with E-state index in [9.17, 15) is 18.8 Å². The molecule has 0 saturated carbocycles. The van der Waals surface area contributed by atoms with E-state index in [4.69, 9.17) is 11.6 Å². The molecule has 23 heavy (non-hydrogen) atoms. The second kappa shape index (κ2) is 5.93. The van der Waals surface area contributed by atoms with Crippen molar-refractivity contribution in [3.8, 4) is 0 Å². The molecular formula is C17H11ClFNO3. The zero-order valence-corrected chi connectivity index (χ0v) is 12.6. The van der Waals surface area contributed by atoms with Crippen LogP contribution in [-0.2, 0) is 4.79 Å². The van der Waals surface area contributed by atoms with Crippen LogP contribution in [0.2, 0.25) is 0 Å². The Kier molecular flexibility index (Phi) is 3.96. The largest absolute Gasteiger partial charge is 0.281 e. The van der Waals surface area contributed by atoms with Gasteiger partial charge in [-0.2, -0.15) is 0 Å². The van der Waals surface area contributed by atoms with Crippen LogP contribution >= 0.6 is 11.6 Å². The first-order valence-electron chi connectivity index (χ1n) is 6.89. The monoisotopic (exact) mass is 331 g/mol. The van der Waals surface area contributed by atoms with Crippen molar-refractivity contribution in [1.29, 1.82) is 0 Å². The number of amides is 2. The number of carbonyl (C=O) groups excluding carboxylic acids is 3. The highest BCUT2D eigenvalue weighted by atomic mass is 35.5. The maximum absolute atomic E-state index is 13.0. The molecule has 0 aliphatic carbocycles. The molecule has 0 aromatic heterocycles. The Morgan fingerprint density at radius 3 is 2.00 bits per heavy atom. The van der Waals surface area contributed by atoms with Gasteiger partial charge in [0.15, 0.2) is 0 Å². The van der Waals surface area contributed by atoms with Crippen molar-refractivity contribution in [3.63, 3.8) is 0 Å². The van der Waals surface area contributed by atoms with Crippen molar-refractivity contribution >= 4 is 28.7 Å². The number of hydrogen-bond acceptors (Lipinski definition) is 3. The molecule has 1 aliphatic heterocycles. The van der Waals surface area contributed by atoms with Crippen molar-refractivity contribution in [2.75, 3.05) is 6.54 Å². The lowest BCUT2D eigenvalue weighted by molar-refractivity contribution is -0.113. The summed E-state index contributed by atoms with van der Waals surface area (Å²) in [6.45, 7) is -0.180. The second-order valence-electron chi connectivity index (χ2n) is 5.17. The maximum Gasteiger partial charge on any atom is 0.261 e. The summed E-state index contributed by atoms with van der Waals surface area (Å²) in [5.74, 6) is -2.28. The summed E-state index contributed by atoms with van der Waals surface area (Å²) >= 11 is 5.62. The normalized spacial score (nSPS) is 14.8. The molecule has 3 rings (SSSR count). The summed E-state index contributed by atoms with van der Waals surface area (Å²) in [6.07, 6.45) is 0. The van der Waals surface area contributed by atoms with Crippen molar-refractivity contribution in [3.05, 3.63) is 71.0 Å². The number of halogens is 2. The number of rotatable bonds is 4. The molecule has 0 fully saturated rings. The van der Waals surface area contributed by atoms with Gasteiger partial charge >= 0.3 is 0 Å². The van der Waals surface area contributed by atoms with Gasteiger partial charge in [0.2, 0.25) is 5.24 Å². The van der Waals surface area contributed by atoms with E-state index >= 15 is 0 Å². The van der Waals surface area contributed by atoms with Crippen LogP contribution in [0.4, 0.5) is 4.39 Å². The number of carbonyl (C=O) groups is 3. The molecule has 1 aliphatic rings. The Balaban J connectivity index is 1.90. The van der Waals surface area contributed by atoms with E-state index in [0.717, 1.165) is 4.90 Å². The lowest BCUT2D eigenvalue weighted by Gasteiger charge is -2.20. The topological polar surface area (TPSA) is 54.5 Å². The third-order valence-corrected chi connectivity index (χ3v) is 4.05. The Morgan fingerprint density at radius 1 is 1.00 bits per heavy atom. The van der Waals surface area contributed by atoms with E-state index < -0.39 is 28.8 Å². The summed E-state index contributed by atoms with van der Waals surface area (Å²) < 4.78 is 13.0. The lowest BCUT2D eigenvalue weighted by Crippen LogP contribution is -2.35. The SMILES string of the molecule is O=C(Cl)C(CN1C(=O)c2ccccc2C1=O)c1ccc(F)cc1. The van der Waals surface area contributed by atoms with Crippen molar-refractivity contribution in [2.24, 2.45) is 0 Å². The lowest BCUT2D eigenvalue weighted by atomic mass is 10.00. The average Bonchev–Trinajstić information content (AvgIpc) is 2.78. The number of imide groups is 1. The summed E-state index contributed by atoms with van der Waals surface area (Å²) in [6, 6.07) is 11.7. The van der Waals surface area contributed by atoms with E-state index in [0.29, 0.717) is 16.7 Å². The third kappa shape index (κ3) is 2.75. The minimum absolute atomic E-state index is 0.180. The van der Waals surface area contributed by atoms with Gasteiger partial charge in [0.25, 0.3) is 11.8 Å². The summed E-state index contributed by atoms with van der Waals surface area (Å²) in [5.41, 5.74) is 1.05. The van der Waals surface area contributed by atoms with Crippen molar-refractivity contribution in [1.82, 2.24) is 4.90 Å². The highest BCUT2D eigenvalue weighted by Crippen LogP contribution is 2.27. The van der Waals surface area contributed by atoms with Crippen LogP contribution in [0.1, 0.15) is 32.2 Å². The Hall–Kier alpha value is -2.53. The van der Waals surface area contributed by atoms with E-state index in [1.54, 1.807) is 24.3 Å². The van der Waals surface area contributed by atoms with Gasteiger partial charge in [-0.25, -0.2) is 4.39 Å². The zero-order valence-electron chi connectivity index (χ0n) is 11.8. The van der Waals surface area contributed by atoms with Crippen LogP contribution in [0.3, 0.4) is 0 Å². The van der Waals surface area contributed by atoms with E-state index in [1.807, 2.05) is 0 Å². The number of hydrogen-bond donors (Lipinski definition) is 0. The molecular weight excluding hydrogens is 321 g/mol. The molecule has 0 bridgehead atoms. The predicted octanol–water partition coefficient (Wildman–Crippen LogP) is 2.97. The molecule has 1 heterocycles. The molecule has 0 saturated heterocycles. The molecule has 2 amide bonds. The van der Waals surface area contributed by atoms with Crippen LogP contribution in [-0.4, -0.2) is 28.5 Å². The molecule has 116 valence electrons. The molecule has 2 aromatic carbocycles. The van der Waals surface area contributed by atoms with Gasteiger partial charge in [-0.3, -0.25) is 19.3 Å². The fraction of sp³-hybridized carbons (Fsp3) is 0.118. The van der Waals surface area contributed by atoms with Gasteiger partial charge in [-0.1, -0.05) is 24.3 Å². The molecule has 1 atom stereocenters. The minimum atomic E-state index is -0.903. The molecule has 0 N–H and O–H groups in total. The van der Waals surface area contributed by atoms with Gasteiger partial charge in [0, 0.05) is 6.54 Å². The second-order valence-corrected chi connectivity index (χ2v) is 5.55. The highest BCUT2D eigenvalue weighted by Gasteiger charge is 2.37. The van der Waals surface area contributed by atoms with Crippen molar-refractivity contribution < 1.29 is 18.8 Å². The van der Waals surface area contributed by atoms with Crippen LogP contribution in [0.25, 0.3) is 0 Å². The van der Waals surface area contributed by atoms with Gasteiger partial charge in [0.05, 0.1) is 17.0 Å². The predicted molar refractivity (Wildman–Crippen MR) is 81.8 cm³/mol. The first-order chi connectivity index (χ1) is 11.0. The van der Waals surface area contributed by atoms with Gasteiger partial charge in [-0.05, 0) is 41.4 Å². The summed E-state index contributed by atoms with van der Waals surface area (Å²) in [5, 5.41) is -0.715. The van der Waals surface area contributed by atoms with E-state index in [2.05, 4.69) is 0 Å². The minimum Gasteiger partial charge on any atom is -0.281 e.